The second-order valence-corrected chi connectivity index (χ2v) is 6.60. The lowest BCUT2D eigenvalue weighted by molar-refractivity contribution is 0.0440. The quantitative estimate of drug-likeness (QED) is 0.940. The second-order valence-electron chi connectivity index (χ2n) is 6.60. The lowest BCUT2D eigenvalue weighted by atomic mass is 10.00. The summed E-state index contributed by atoms with van der Waals surface area (Å²) in [4.78, 5) is 13.0. The highest BCUT2D eigenvalue weighted by Crippen LogP contribution is 2.27. The molecule has 1 aromatic heterocycles. The van der Waals surface area contributed by atoms with Crippen LogP contribution in [0.2, 0.25) is 0 Å². The first-order valence-corrected chi connectivity index (χ1v) is 8.39. The average molecular weight is 296 g/mol. The number of aromatic amines is 1. The Morgan fingerprint density at radius 3 is 2.91 bits per heavy atom. The van der Waals surface area contributed by atoms with E-state index in [-0.39, 0.29) is 0 Å². The number of nitrogens with one attached hydrogen (secondary N) is 1. The van der Waals surface area contributed by atoms with Gasteiger partial charge in [0.25, 0.3) is 0 Å². The van der Waals surface area contributed by atoms with E-state index < -0.39 is 0 Å². The molecule has 2 aliphatic rings. The zero-order valence-corrected chi connectivity index (χ0v) is 13.0. The van der Waals surface area contributed by atoms with Crippen LogP contribution in [-0.4, -0.2) is 51.5 Å². The predicted octanol–water partition coefficient (Wildman–Crippen LogP) is 2.30. The summed E-state index contributed by atoms with van der Waals surface area (Å²) in [6.45, 7) is 4.60. The molecule has 4 nitrogen and oxygen atoms in total. The Labute approximate surface area is 132 Å². The zero-order chi connectivity index (χ0) is 14.8. The molecule has 2 saturated heterocycles. The number of fused-ring (bicyclic) bond motifs is 1. The summed E-state index contributed by atoms with van der Waals surface area (Å²) in [6.07, 6.45) is 7.62. The van der Waals surface area contributed by atoms with Crippen LogP contribution in [0.25, 0.3) is 0 Å². The number of H-pyrrole nitrogens is 1. The van der Waals surface area contributed by atoms with Crippen molar-refractivity contribution in [2.24, 2.45) is 0 Å². The highest BCUT2D eigenvalue weighted by atomic mass is 15.3. The fraction of sp³-hybridized carbons (Fsp3) is 0.500. The van der Waals surface area contributed by atoms with Gasteiger partial charge in [0.15, 0.2) is 0 Å². The van der Waals surface area contributed by atoms with E-state index in [9.17, 15) is 0 Å². The Kier molecular flexibility index (Phi) is 3.95. The lowest BCUT2D eigenvalue weighted by Gasteiger charge is -2.43. The minimum atomic E-state index is 0.585. The molecular weight excluding hydrogens is 272 g/mol. The van der Waals surface area contributed by atoms with Crippen LogP contribution in [0.15, 0.2) is 42.7 Å². The van der Waals surface area contributed by atoms with Crippen molar-refractivity contribution in [3.63, 3.8) is 0 Å². The van der Waals surface area contributed by atoms with Crippen molar-refractivity contribution >= 4 is 0 Å². The summed E-state index contributed by atoms with van der Waals surface area (Å²) >= 11 is 0. The molecule has 0 unspecified atom stereocenters. The van der Waals surface area contributed by atoms with E-state index in [4.69, 9.17) is 0 Å². The molecule has 1 aromatic carbocycles. The number of hydrogen-bond donors (Lipinski definition) is 1. The Morgan fingerprint density at radius 2 is 2.09 bits per heavy atom. The SMILES string of the molecule is c1ccc(C[C@H]2CN3CCC[C@H]3CN2Cc2ncc[nH]2)cc1. The van der Waals surface area contributed by atoms with Crippen LogP contribution in [0.4, 0.5) is 0 Å². The third-order valence-electron chi connectivity index (χ3n) is 5.13. The number of benzene rings is 1. The molecule has 0 radical (unpaired) electrons. The van der Waals surface area contributed by atoms with E-state index >= 15 is 0 Å². The monoisotopic (exact) mass is 296 g/mol. The van der Waals surface area contributed by atoms with Crippen LogP contribution < -0.4 is 0 Å². The maximum absolute atomic E-state index is 4.43. The van der Waals surface area contributed by atoms with Gasteiger partial charge in [-0.15, -0.1) is 0 Å². The molecule has 1 N–H and O–H groups in total. The fourth-order valence-corrected chi connectivity index (χ4v) is 4.00. The van der Waals surface area contributed by atoms with Gasteiger partial charge in [-0.2, -0.15) is 0 Å². The maximum atomic E-state index is 4.43. The largest absolute Gasteiger partial charge is 0.348 e. The number of rotatable bonds is 4. The van der Waals surface area contributed by atoms with E-state index in [1.54, 1.807) is 0 Å². The van der Waals surface area contributed by atoms with Gasteiger partial charge in [0.05, 0.1) is 6.54 Å². The second kappa shape index (κ2) is 6.23. The number of aromatic nitrogens is 2. The van der Waals surface area contributed by atoms with Crippen molar-refractivity contribution in [1.82, 2.24) is 19.8 Å². The summed E-state index contributed by atoms with van der Waals surface area (Å²) in [5.74, 6) is 1.09. The molecule has 2 fully saturated rings. The fourth-order valence-electron chi connectivity index (χ4n) is 4.00. The normalized spacial score (nSPS) is 26.2. The van der Waals surface area contributed by atoms with E-state index in [1.807, 2.05) is 12.4 Å². The molecule has 0 saturated carbocycles. The van der Waals surface area contributed by atoms with Crippen molar-refractivity contribution in [3.8, 4) is 0 Å². The topological polar surface area (TPSA) is 35.2 Å². The molecule has 0 amide bonds. The van der Waals surface area contributed by atoms with Crippen molar-refractivity contribution in [2.75, 3.05) is 19.6 Å². The molecule has 0 aliphatic carbocycles. The molecule has 0 spiro atoms. The van der Waals surface area contributed by atoms with E-state index in [0.717, 1.165) is 24.8 Å². The van der Waals surface area contributed by atoms with Crippen molar-refractivity contribution in [2.45, 2.75) is 37.9 Å². The molecule has 4 heteroatoms. The highest BCUT2D eigenvalue weighted by Gasteiger charge is 2.36. The average Bonchev–Trinajstić information content (AvgIpc) is 3.20. The van der Waals surface area contributed by atoms with E-state index in [0.29, 0.717) is 6.04 Å². The van der Waals surface area contributed by atoms with Crippen LogP contribution in [-0.2, 0) is 13.0 Å². The molecular formula is C18H24N4. The molecule has 3 heterocycles. The smallest absolute Gasteiger partial charge is 0.120 e. The van der Waals surface area contributed by atoms with Crippen LogP contribution >= 0.6 is 0 Å². The summed E-state index contributed by atoms with van der Waals surface area (Å²) in [6, 6.07) is 12.2. The van der Waals surface area contributed by atoms with Gasteiger partial charge in [-0.3, -0.25) is 9.80 Å². The molecule has 22 heavy (non-hydrogen) atoms. The summed E-state index contributed by atoms with van der Waals surface area (Å²) in [5, 5.41) is 0. The van der Waals surface area contributed by atoms with E-state index in [1.165, 1.54) is 38.0 Å². The molecule has 4 rings (SSSR count). The van der Waals surface area contributed by atoms with Gasteiger partial charge < -0.3 is 4.98 Å². The van der Waals surface area contributed by atoms with Gasteiger partial charge >= 0.3 is 0 Å². The minimum Gasteiger partial charge on any atom is -0.348 e. The van der Waals surface area contributed by atoms with Crippen molar-refractivity contribution in [1.29, 1.82) is 0 Å². The van der Waals surface area contributed by atoms with Crippen LogP contribution in [0.3, 0.4) is 0 Å². The summed E-state index contributed by atoms with van der Waals surface area (Å²) < 4.78 is 0. The summed E-state index contributed by atoms with van der Waals surface area (Å²) in [7, 11) is 0. The van der Waals surface area contributed by atoms with Gasteiger partial charge in [0.1, 0.15) is 5.82 Å². The molecule has 2 aromatic rings. The Balaban J connectivity index is 1.51. The van der Waals surface area contributed by atoms with E-state index in [2.05, 4.69) is 50.1 Å². The van der Waals surface area contributed by atoms with Gasteiger partial charge in [-0.1, -0.05) is 30.3 Å². The molecule has 0 bridgehead atoms. The maximum Gasteiger partial charge on any atom is 0.120 e. The number of hydrogen-bond acceptors (Lipinski definition) is 3. The Morgan fingerprint density at radius 1 is 1.18 bits per heavy atom. The van der Waals surface area contributed by atoms with Gasteiger partial charge in [-0.25, -0.2) is 4.98 Å². The van der Waals surface area contributed by atoms with Gasteiger partial charge in [-0.05, 0) is 31.4 Å². The molecule has 2 aliphatic heterocycles. The molecule has 116 valence electrons. The van der Waals surface area contributed by atoms with Crippen molar-refractivity contribution < 1.29 is 0 Å². The van der Waals surface area contributed by atoms with Crippen LogP contribution in [0.1, 0.15) is 24.2 Å². The molecule has 2 atom stereocenters. The Bertz CT molecular complexity index is 580. The lowest BCUT2D eigenvalue weighted by Crippen LogP contribution is -2.56. The van der Waals surface area contributed by atoms with Gasteiger partial charge in [0.2, 0.25) is 0 Å². The third kappa shape index (κ3) is 2.94. The third-order valence-corrected chi connectivity index (χ3v) is 5.13. The standard InChI is InChI=1S/C18H24N4/c1-2-5-15(6-3-1)11-17-13-21-10-4-7-16(21)12-22(17)14-18-19-8-9-20-18/h1-3,5-6,8-9,16-17H,4,7,10-14H2,(H,19,20)/t16-,17-/m0/s1. The van der Waals surface area contributed by atoms with Crippen LogP contribution in [0, 0.1) is 0 Å². The first-order chi connectivity index (χ1) is 10.9. The van der Waals surface area contributed by atoms with Gasteiger partial charge in [0, 0.05) is 37.6 Å². The van der Waals surface area contributed by atoms with Crippen LogP contribution in [0.5, 0.6) is 0 Å². The summed E-state index contributed by atoms with van der Waals surface area (Å²) in [5.41, 5.74) is 1.44. The number of nitrogens with zero attached hydrogens (tertiary/aromatic N) is 3. The zero-order valence-electron chi connectivity index (χ0n) is 13.0. The predicted molar refractivity (Wildman–Crippen MR) is 87.5 cm³/mol. The number of piperazine rings is 1. The Hall–Kier alpha value is -1.65. The first-order valence-electron chi connectivity index (χ1n) is 8.39. The first kappa shape index (κ1) is 14.0. The minimum absolute atomic E-state index is 0.585. The van der Waals surface area contributed by atoms with Crippen molar-refractivity contribution in [3.05, 3.63) is 54.1 Å². The number of imidazole rings is 1. The highest BCUT2D eigenvalue weighted by molar-refractivity contribution is 5.16.